The molecule has 0 aromatic heterocycles. The minimum Gasteiger partial charge on any atom is -0.491 e. The summed E-state index contributed by atoms with van der Waals surface area (Å²) in [5.74, 6) is 1.53. The van der Waals surface area contributed by atoms with Crippen molar-refractivity contribution in [2.24, 2.45) is 11.7 Å². The Morgan fingerprint density at radius 2 is 2.21 bits per heavy atom. The van der Waals surface area contributed by atoms with E-state index in [1.54, 1.807) is 0 Å². The Bertz CT molecular complexity index is 417. The van der Waals surface area contributed by atoms with Gasteiger partial charge in [0, 0.05) is 19.1 Å². The van der Waals surface area contributed by atoms with Crippen molar-refractivity contribution in [3.8, 4) is 5.75 Å². The monoisotopic (exact) mass is 262 g/mol. The third-order valence-electron chi connectivity index (χ3n) is 3.49. The minimum absolute atomic E-state index is 0.284. The number of ether oxygens (including phenoxy) is 1. The van der Waals surface area contributed by atoms with Gasteiger partial charge < -0.3 is 15.4 Å². The van der Waals surface area contributed by atoms with E-state index in [4.69, 9.17) is 10.5 Å². The summed E-state index contributed by atoms with van der Waals surface area (Å²) in [6.45, 7) is 9.24. The molecule has 0 amide bonds. The van der Waals surface area contributed by atoms with Crippen LogP contribution in [-0.2, 0) is 0 Å². The molecule has 106 valence electrons. The fourth-order valence-electron chi connectivity index (χ4n) is 2.48. The summed E-state index contributed by atoms with van der Waals surface area (Å²) in [6, 6.07) is 6.71. The lowest BCUT2D eigenvalue weighted by molar-refractivity contribution is 0.271. The highest BCUT2D eigenvalue weighted by molar-refractivity contribution is 5.60. The molecule has 0 aliphatic carbocycles. The number of hydrogen-bond acceptors (Lipinski definition) is 3. The van der Waals surface area contributed by atoms with Crippen molar-refractivity contribution in [2.75, 3.05) is 24.6 Å². The Labute approximate surface area is 116 Å². The summed E-state index contributed by atoms with van der Waals surface area (Å²) in [7, 11) is 0. The van der Waals surface area contributed by atoms with Crippen molar-refractivity contribution >= 4 is 5.69 Å². The number of aryl methyl sites for hydroxylation is 1. The first-order valence-corrected chi connectivity index (χ1v) is 7.30. The van der Waals surface area contributed by atoms with E-state index in [1.165, 1.54) is 17.7 Å². The van der Waals surface area contributed by atoms with Crippen molar-refractivity contribution in [1.29, 1.82) is 0 Å². The second-order valence-corrected chi connectivity index (χ2v) is 6.02. The van der Waals surface area contributed by atoms with Gasteiger partial charge in [0.2, 0.25) is 0 Å². The Hall–Kier alpha value is -1.22. The second kappa shape index (κ2) is 6.29. The van der Waals surface area contributed by atoms with Crippen molar-refractivity contribution in [3.63, 3.8) is 0 Å². The maximum absolute atomic E-state index is 6.09. The van der Waals surface area contributed by atoms with Gasteiger partial charge in [-0.2, -0.15) is 0 Å². The van der Waals surface area contributed by atoms with Gasteiger partial charge in [0.05, 0.1) is 12.3 Å². The average Bonchev–Trinajstić information content (AvgIpc) is 2.37. The molecule has 1 aliphatic rings. The molecule has 2 N–H and O–H groups in total. The highest BCUT2D eigenvalue weighted by Crippen LogP contribution is 2.31. The smallest absolute Gasteiger partial charge is 0.142 e. The van der Waals surface area contributed by atoms with Crippen LogP contribution >= 0.6 is 0 Å². The molecule has 1 heterocycles. The van der Waals surface area contributed by atoms with Crippen LogP contribution in [0.4, 0.5) is 5.69 Å². The van der Waals surface area contributed by atoms with Crippen molar-refractivity contribution in [3.05, 3.63) is 23.8 Å². The van der Waals surface area contributed by atoms with Crippen molar-refractivity contribution in [1.82, 2.24) is 0 Å². The quantitative estimate of drug-likeness (QED) is 0.906. The molecule has 1 atom stereocenters. The molecule has 19 heavy (non-hydrogen) atoms. The number of piperidine rings is 1. The van der Waals surface area contributed by atoms with Crippen LogP contribution in [0.25, 0.3) is 0 Å². The van der Waals surface area contributed by atoms with Crippen LogP contribution in [-0.4, -0.2) is 25.7 Å². The van der Waals surface area contributed by atoms with Crippen LogP contribution in [0, 0.1) is 12.8 Å². The molecular weight excluding hydrogens is 236 g/mol. The normalized spacial score (nSPS) is 19.8. The van der Waals surface area contributed by atoms with Crippen LogP contribution in [0.3, 0.4) is 0 Å². The van der Waals surface area contributed by atoms with E-state index >= 15 is 0 Å². The maximum Gasteiger partial charge on any atom is 0.142 e. The molecule has 3 nitrogen and oxygen atoms in total. The lowest BCUT2D eigenvalue weighted by Crippen LogP contribution is -2.43. The molecule has 1 unspecified atom stereocenters. The van der Waals surface area contributed by atoms with Crippen molar-refractivity contribution in [2.45, 2.75) is 39.7 Å². The molecule has 0 spiro atoms. The molecule has 0 bridgehead atoms. The van der Waals surface area contributed by atoms with Crippen LogP contribution in [0.2, 0.25) is 0 Å². The van der Waals surface area contributed by atoms with Gasteiger partial charge in [-0.1, -0.05) is 19.9 Å². The molecule has 1 fully saturated rings. The van der Waals surface area contributed by atoms with Crippen LogP contribution in [0.1, 0.15) is 32.3 Å². The number of nitrogens with zero attached hydrogens (tertiary/aromatic N) is 1. The zero-order valence-corrected chi connectivity index (χ0v) is 12.4. The third kappa shape index (κ3) is 3.87. The number of hydrogen-bond donors (Lipinski definition) is 1. The van der Waals surface area contributed by atoms with Gasteiger partial charge in [-0.05, 0) is 43.4 Å². The summed E-state index contributed by atoms with van der Waals surface area (Å²) in [5, 5.41) is 0. The fourth-order valence-corrected chi connectivity index (χ4v) is 2.48. The summed E-state index contributed by atoms with van der Waals surface area (Å²) < 4.78 is 5.96. The van der Waals surface area contributed by atoms with Gasteiger partial charge in [0.25, 0.3) is 0 Å². The van der Waals surface area contributed by atoms with E-state index in [1.807, 2.05) is 0 Å². The fraction of sp³-hybridized carbons (Fsp3) is 0.625. The average molecular weight is 262 g/mol. The van der Waals surface area contributed by atoms with E-state index in [9.17, 15) is 0 Å². The van der Waals surface area contributed by atoms with Crippen LogP contribution in [0.5, 0.6) is 5.75 Å². The van der Waals surface area contributed by atoms with Gasteiger partial charge in [0.15, 0.2) is 0 Å². The molecule has 0 radical (unpaired) electrons. The summed E-state index contributed by atoms with van der Waals surface area (Å²) >= 11 is 0. The van der Waals surface area contributed by atoms with Gasteiger partial charge in [-0.25, -0.2) is 0 Å². The zero-order chi connectivity index (χ0) is 13.8. The van der Waals surface area contributed by atoms with Crippen LogP contribution in [0.15, 0.2) is 18.2 Å². The Morgan fingerprint density at radius 3 is 2.89 bits per heavy atom. The van der Waals surface area contributed by atoms with E-state index in [0.29, 0.717) is 5.92 Å². The van der Waals surface area contributed by atoms with Gasteiger partial charge in [0.1, 0.15) is 5.75 Å². The van der Waals surface area contributed by atoms with E-state index < -0.39 is 0 Å². The van der Waals surface area contributed by atoms with Gasteiger partial charge in [-0.15, -0.1) is 0 Å². The van der Waals surface area contributed by atoms with Crippen LogP contribution < -0.4 is 15.4 Å². The highest BCUT2D eigenvalue weighted by atomic mass is 16.5. The standard InChI is InChI=1S/C16H26N2O/c1-12(2)11-19-16-7-6-13(3)9-15(16)18-8-4-5-14(17)10-18/h6-7,9,12,14H,4-5,8,10-11,17H2,1-3H3. The zero-order valence-electron chi connectivity index (χ0n) is 12.4. The molecule has 3 heteroatoms. The lowest BCUT2D eigenvalue weighted by atomic mass is 10.0. The van der Waals surface area contributed by atoms with E-state index in [-0.39, 0.29) is 6.04 Å². The predicted octanol–water partition coefficient (Wildman–Crippen LogP) is 2.96. The first-order chi connectivity index (χ1) is 9.06. The molecule has 2 rings (SSSR count). The maximum atomic E-state index is 6.09. The number of rotatable bonds is 4. The van der Waals surface area contributed by atoms with Gasteiger partial charge >= 0.3 is 0 Å². The molecule has 1 aromatic carbocycles. The predicted molar refractivity (Wildman–Crippen MR) is 80.9 cm³/mol. The SMILES string of the molecule is Cc1ccc(OCC(C)C)c(N2CCCC(N)C2)c1. The molecule has 1 aliphatic heterocycles. The van der Waals surface area contributed by atoms with Gasteiger partial charge in [-0.3, -0.25) is 0 Å². The number of benzene rings is 1. The van der Waals surface area contributed by atoms with Crippen molar-refractivity contribution < 1.29 is 4.74 Å². The topological polar surface area (TPSA) is 38.5 Å². The van der Waals surface area contributed by atoms with E-state index in [0.717, 1.165) is 31.9 Å². The lowest BCUT2D eigenvalue weighted by Gasteiger charge is -2.34. The number of anilines is 1. The highest BCUT2D eigenvalue weighted by Gasteiger charge is 2.20. The summed E-state index contributed by atoms with van der Waals surface area (Å²) in [6.07, 6.45) is 2.29. The molecule has 0 saturated carbocycles. The molecule has 1 aromatic rings. The van der Waals surface area contributed by atoms with E-state index in [2.05, 4.69) is 43.9 Å². The summed E-state index contributed by atoms with van der Waals surface area (Å²) in [4.78, 5) is 2.37. The first kappa shape index (κ1) is 14.2. The summed E-state index contributed by atoms with van der Waals surface area (Å²) in [5.41, 5.74) is 8.56. The Morgan fingerprint density at radius 1 is 1.42 bits per heavy atom. The minimum atomic E-state index is 0.284. The molecular formula is C16H26N2O. The Kier molecular flexibility index (Phi) is 4.70. The Balaban J connectivity index is 2.18. The third-order valence-corrected chi connectivity index (χ3v) is 3.49. The second-order valence-electron chi connectivity index (χ2n) is 6.02. The largest absolute Gasteiger partial charge is 0.491 e. The molecule has 1 saturated heterocycles. The number of nitrogens with two attached hydrogens (primary N) is 1. The first-order valence-electron chi connectivity index (χ1n) is 7.30.